The predicted octanol–water partition coefficient (Wildman–Crippen LogP) is -0.828. The van der Waals surface area contributed by atoms with E-state index in [1.165, 1.54) is 24.1 Å². The number of rotatable bonds is 4. The number of piperidine rings is 1. The van der Waals surface area contributed by atoms with Crippen molar-refractivity contribution in [1.82, 2.24) is 14.7 Å². The van der Waals surface area contributed by atoms with Gasteiger partial charge in [0.05, 0.1) is 24.4 Å². The number of aromatic carboxylic acids is 1. The number of fused-ring (bicyclic) bond motifs is 1. The van der Waals surface area contributed by atoms with Gasteiger partial charge in [0.1, 0.15) is 12.2 Å². The van der Waals surface area contributed by atoms with Crippen molar-refractivity contribution >= 4 is 28.6 Å². The second-order valence-corrected chi connectivity index (χ2v) is 6.32. The van der Waals surface area contributed by atoms with Crippen LogP contribution in [0.1, 0.15) is 23.3 Å². The maximum absolute atomic E-state index is 12.6. The number of hydrogen-bond acceptors (Lipinski definition) is 7. The van der Waals surface area contributed by atoms with E-state index < -0.39 is 11.5 Å². The van der Waals surface area contributed by atoms with Gasteiger partial charge >= 0.3 is 5.97 Å². The number of carbonyl (C=O) groups is 3. The molecular formula is C18H18N3O6-. The molecule has 1 amide bonds. The Morgan fingerprint density at radius 1 is 1.19 bits per heavy atom. The molecule has 2 heterocycles. The van der Waals surface area contributed by atoms with E-state index in [0.717, 1.165) is 4.68 Å². The van der Waals surface area contributed by atoms with Crippen LogP contribution in [0.15, 0.2) is 29.1 Å². The Morgan fingerprint density at radius 2 is 1.81 bits per heavy atom. The molecule has 1 saturated heterocycles. The highest BCUT2D eigenvalue weighted by Gasteiger charge is 2.28. The predicted molar refractivity (Wildman–Crippen MR) is 91.7 cm³/mol. The molecule has 1 fully saturated rings. The van der Waals surface area contributed by atoms with E-state index in [9.17, 15) is 24.3 Å². The van der Waals surface area contributed by atoms with Crippen molar-refractivity contribution in [2.45, 2.75) is 19.4 Å². The zero-order valence-corrected chi connectivity index (χ0v) is 14.7. The Balaban J connectivity index is 1.82. The third-order valence-corrected chi connectivity index (χ3v) is 4.73. The number of aromatic nitrogens is 2. The topological polar surface area (TPSA) is 122 Å². The molecule has 0 saturated carbocycles. The summed E-state index contributed by atoms with van der Waals surface area (Å²) in [4.78, 5) is 49.5. The van der Waals surface area contributed by atoms with Crippen LogP contribution in [0.25, 0.3) is 10.8 Å². The van der Waals surface area contributed by atoms with Crippen molar-refractivity contribution in [3.05, 3.63) is 40.3 Å². The Kier molecular flexibility index (Phi) is 5.20. The fourth-order valence-electron chi connectivity index (χ4n) is 3.25. The second kappa shape index (κ2) is 7.56. The Hall–Kier alpha value is -3.23. The molecule has 1 aliphatic heterocycles. The first kappa shape index (κ1) is 18.6. The molecule has 9 nitrogen and oxygen atoms in total. The molecule has 3 rings (SSSR count). The Labute approximate surface area is 154 Å². The molecule has 0 bridgehead atoms. The molecule has 2 aromatic rings. The van der Waals surface area contributed by atoms with Gasteiger partial charge in [-0.3, -0.25) is 14.4 Å². The molecule has 0 radical (unpaired) electrons. The van der Waals surface area contributed by atoms with Gasteiger partial charge in [0.2, 0.25) is 5.91 Å². The maximum Gasteiger partial charge on any atom is 0.308 e. The molecular weight excluding hydrogens is 354 g/mol. The molecule has 0 N–H and O–H groups in total. The first-order chi connectivity index (χ1) is 12.9. The van der Waals surface area contributed by atoms with E-state index in [0.29, 0.717) is 25.9 Å². The van der Waals surface area contributed by atoms with Gasteiger partial charge < -0.3 is 19.5 Å². The van der Waals surface area contributed by atoms with Gasteiger partial charge in [-0.25, -0.2) is 4.68 Å². The van der Waals surface area contributed by atoms with Crippen LogP contribution in [-0.4, -0.2) is 52.7 Å². The van der Waals surface area contributed by atoms with E-state index in [-0.39, 0.29) is 40.8 Å². The van der Waals surface area contributed by atoms with Crippen molar-refractivity contribution in [3.63, 3.8) is 0 Å². The highest BCUT2D eigenvalue weighted by Crippen LogP contribution is 2.19. The molecule has 1 aromatic carbocycles. The number of benzene rings is 1. The van der Waals surface area contributed by atoms with E-state index in [1.807, 2.05) is 0 Å². The quantitative estimate of drug-likeness (QED) is 0.642. The average Bonchev–Trinajstić information content (AvgIpc) is 2.69. The molecule has 0 aliphatic carbocycles. The van der Waals surface area contributed by atoms with Gasteiger partial charge in [0, 0.05) is 18.5 Å². The molecule has 1 aliphatic rings. The highest BCUT2D eigenvalue weighted by atomic mass is 16.5. The van der Waals surface area contributed by atoms with Gasteiger partial charge in [-0.15, -0.1) is 0 Å². The zero-order chi connectivity index (χ0) is 19.6. The van der Waals surface area contributed by atoms with Crippen LogP contribution in [0.2, 0.25) is 0 Å². The second-order valence-electron chi connectivity index (χ2n) is 6.32. The number of carbonyl (C=O) groups excluding carboxylic acids is 3. The monoisotopic (exact) mass is 372 g/mol. The standard InChI is InChI=1S/C18H19N3O6/c1-27-18(26)11-6-8-20(9-7-11)14(22)10-21-16(23)13-5-3-2-4-12(13)15(19-21)17(24)25/h2-5,11H,6-10H2,1H3,(H,24,25)/p-1. The summed E-state index contributed by atoms with van der Waals surface area (Å²) >= 11 is 0. The van der Waals surface area contributed by atoms with Crippen molar-refractivity contribution in [3.8, 4) is 0 Å². The fraction of sp³-hybridized carbons (Fsp3) is 0.389. The number of methoxy groups -OCH3 is 1. The lowest BCUT2D eigenvalue weighted by atomic mass is 9.97. The fourth-order valence-corrected chi connectivity index (χ4v) is 3.25. The number of ether oxygens (including phenoxy) is 1. The minimum atomic E-state index is -1.52. The third-order valence-electron chi connectivity index (χ3n) is 4.73. The molecule has 9 heteroatoms. The SMILES string of the molecule is COC(=O)C1CCN(C(=O)Cn2nc(C(=O)[O-])c3ccccc3c2=O)CC1. The van der Waals surface area contributed by atoms with Crippen LogP contribution in [0.5, 0.6) is 0 Å². The number of nitrogens with zero attached hydrogens (tertiary/aromatic N) is 3. The summed E-state index contributed by atoms with van der Waals surface area (Å²) in [5.41, 5.74) is -0.934. The van der Waals surface area contributed by atoms with E-state index >= 15 is 0 Å². The lowest BCUT2D eigenvalue weighted by Gasteiger charge is -2.30. The molecule has 142 valence electrons. The number of carboxylic acids is 1. The first-order valence-electron chi connectivity index (χ1n) is 8.49. The first-order valence-corrected chi connectivity index (χ1v) is 8.49. The summed E-state index contributed by atoms with van der Waals surface area (Å²) < 4.78 is 5.56. The largest absolute Gasteiger partial charge is 0.543 e. The highest BCUT2D eigenvalue weighted by molar-refractivity contribution is 6.00. The number of esters is 1. The zero-order valence-electron chi connectivity index (χ0n) is 14.7. The Morgan fingerprint density at radius 3 is 2.41 bits per heavy atom. The van der Waals surface area contributed by atoms with Crippen LogP contribution in [-0.2, 0) is 20.9 Å². The number of carboxylic acid groups (broad SMARTS) is 1. The van der Waals surface area contributed by atoms with Gasteiger partial charge in [-0.1, -0.05) is 18.2 Å². The summed E-state index contributed by atoms with van der Waals surface area (Å²) in [6.07, 6.45) is 0.950. The maximum atomic E-state index is 12.6. The molecule has 1 aromatic heterocycles. The van der Waals surface area contributed by atoms with Crippen LogP contribution in [0, 0.1) is 5.92 Å². The molecule has 0 unspecified atom stereocenters. The van der Waals surface area contributed by atoms with Crippen molar-refractivity contribution in [1.29, 1.82) is 0 Å². The minimum absolute atomic E-state index is 0.156. The smallest absolute Gasteiger partial charge is 0.308 e. The van der Waals surface area contributed by atoms with Crippen molar-refractivity contribution in [2.75, 3.05) is 20.2 Å². The average molecular weight is 372 g/mol. The Bertz CT molecular complexity index is 959. The lowest BCUT2D eigenvalue weighted by Crippen LogP contribution is -2.43. The summed E-state index contributed by atoms with van der Waals surface area (Å²) in [6.45, 7) is 0.329. The van der Waals surface area contributed by atoms with E-state index in [1.54, 1.807) is 12.1 Å². The van der Waals surface area contributed by atoms with Crippen LogP contribution in [0.3, 0.4) is 0 Å². The van der Waals surface area contributed by atoms with Crippen LogP contribution >= 0.6 is 0 Å². The van der Waals surface area contributed by atoms with Crippen molar-refractivity contribution in [2.24, 2.45) is 5.92 Å². The summed E-state index contributed by atoms with van der Waals surface area (Å²) in [7, 11) is 1.33. The van der Waals surface area contributed by atoms with Crippen molar-refractivity contribution < 1.29 is 24.2 Å². The van der Waals surface area contributed by atoms with Gasteiger partial charge in [-0.05, 0) is 18.9 Å². The molecule has 0 spiro atoms. The summed E-state index contributed by atoms with van der Waals surface area (Å²) in [6, 6.07) is 6.15. The van der Waals surface area contributed by atoms with Gasteiger partial charge in [0.25, 0.3) is 5.56 Å². The van der Waals surface area contributed by atoms with E-state index in [2.05, 4.69) is 5.10 Å². The molecule has 27 heavy (non-hydrogen) atoms. The lowest BCUT2D eigenvalue weighted by molar-refractivity contribution is -0.255. The molecule has 0 atom stereocenters. The normalized spacial score (nSPS) is 14.9. The van der Waals surface area contributed by atoms with Gasteiger partial charge in [-0.2, -0.15) is 5.10 Å². The van der Waals surface area contributed by atoms with Gasteiger partial charge in [0.15, 0.2) is 0 Å². The number of amides is 1. The number of hydrogen-bond donors (Lipinski definition) is 0. The third kappa shape index (κ3) is 3.67. The van der Waals surface area contributed by atoms with Crippen LogP contribution in [0.4, 0.5) is 0 Å². The summed E-state index contributed by atoms with van der Waals surface area (Å²) in [5, 5.41) is 15.5. The minimum Gasteiger partial charge on any atom is -0.543 e. The number of likely N-dealkylation sites (tertiary alicyclic amines) is 1. The van der Waals surface area contributed by atoms with E-state index in [4.69, 9.17) is 4.74 Å². The van der Waals surface area contributed by atoms with Crippen LogP contribution < -0.4 is 10.7 Å². The summed E-state index contributed by atoms with van der Waals surface area (Å²) in [5.74, 6) is -2.43.